The van der Waals surface area contributed by atoms with E-state index in [4.69, 9.17) is 11.0 Å². The maximum atomic E-state index is 12.5. The van der Waals surface area contributed by atoms with Crippen molar-refractivity contribution in [2.24, 2.45) is 29.4 Å². The lowest BCUT2D eigenvalue weighted by Gasteiger charge is -2.32. The summed E-state index contributed by atoms with van der Waals surface area (Å²) in [6, 6.07) is 0. The molecule has 1 rings (SSSR count). The highest BCUT2D eigenvalue weighted by atomic mass is 16.2. The average molecular weight is 293 g/mol. The van der Waals surface area contributed by atoms with Crippen LogP contribution in [0.2, 0.25) is 0 Å². The number of amides is 2. The molecule has 0 aliphatic heterocycles. The van der Waals surface area contributed by atoms with E-state index in [1.54, 1.807) is 0 Å². The van der Waals surface area contributed by atoms with Crippen LogP contribution in [0.3, 0.4) is 0 Å². The Kier molecular flexibility index (Phi) is 6.67. The molecule has 1 aliphatic rings. The van der Waals surface area contributed by atoms with Gasteiger partial charge in [-0.1, -0.05) is 46.0 Å². The highest BCUT2D eigenvalue weighted by molar-refractivity contribution is 5.87. The van der Waals surface area contributed by atoms with Crippen molar-refractivity contribution in [1.29, 1.82) is 5.26 Å². The van der Waals surface area contributed by atoms with Gasteiger partial charge in [-0.05, 0) is 18.3 Å². The summed E-state index contributed by atoms with van der Waals surface area (Å²) >= 11 is 0. The van der Waals surface area contributed by atoms with E-state index in [1.165, 1.54) is 26.3 Å². The highest BCUT2D eigenvalue weighted by Crippen LogP contribution is 2.34. The minimum atomic E-state index is -0.504. The zero-order chi connectivity index (χ0) is 16.0. The molecule has 0 bridgehead atoms. The van der Waals surface area contributed by atoms with Crippen LogP contribution < -0.4 is 5.73 Å². The second-order valence-corrected chi connectivity index (χ2v) is 6.52. The molecule has 0 aromatic heterocycles. The molecule has 5 heteroatoms. The lowest BCUT2D eigenvalue weighted by Crippen LogP contribution is -2.43. The first-order valence-electron chi connectivity index (χ1n) is 7.85. The van der Waals surface area contributed by atoms with Gasteiger partial charge in [-0.3, -0.25) is 14.5 Å². The Morgan fingerprint density at radius 3 is 2.29 bits per heavy atom. The normalized spacial score (nSPS) is 18.8. The van der Waals surface area contributed by atoms with Crippen LogP contribution in [-0.4, -0.2) is 23.8 Å². The van der Waals surface area contributed by atoms with Gasteiger partial charge in [0, 0.05) is 7.05 Å². The van der Waals surface area contributed by atoms with Crippen molar-refractivity contribution in [1.82, 2.24) is 4.90 Å². The molecule has 0 spiro atoms. The zero-order valence-electron chi connectivity index (χ0n) is 13.3. The van der Waals surface area contributed by atoms with E-state index in [-0.39, 0.29) is 11.8 Å². The molecule has 1 fully saturated rings. The molecule has 0 aromatic carbocycles. The van der Waals surface area contributed by atoms with Gasteiger partial charge >= 0.3 is 0 Å². The second kappa shape index (κ2) is 8.02. The number of nitrogens with two attached hydrogens (primary N) is 1. The molecule has 21 heavy (non-hydrogen) atoms. The van der Waals surface area contributed by atoms with Crippen LogP contribution in [0.4, 0.5) is 0 Å². The Morgan fingerprint density at radius 2 is 1.86 bits per heavy atom. The van der Waals surface area contributed by atoms with Crippen molar-refractivity contribution in [3.05, 3.63) is 0 Å². The quantitative estimate of drug-likeness (QED) is 0.602. The first-order valence-corrected chi connectivity index (χ1v) is 7.85. The minimum Gasteiger partial charge on any atom is -0.369 e. The fraction of sp³-hybridized carbons (Fsp3) is 0.812. The number of carbonyl (C=O) groups excluding carboxylic acids is 2. The van der Waals surface area contributed by atoms with Gasteiger partial charge in [0.15, 0.2) is 6.19 Å². The van der Waals surface area contributed by atoms with E-state index in [1.807, 2.05) is 20.0 Å². The number of hydrogen-bond donors (Lipinski definition) is 1. The number of primary amides is 1. The topological polar surface area (TPSA) is 87.2 Å². The standard InChI is InChI=1S/C16H27N3O2/c1-11(2)14(15(18)20)13(16(21)19(3)10-17)9-12-7-5-4-6-8-12/h11-14H,4-9H2,1-3H3,(H2,18,20)/t13-,14?/m0/s1. The second-order valence-electron chi connectivity index (χ2n) is 6.52. The summed E-state index contributed by atoms with van der Waals surface area (Å²) in [5.74, 6) is -1.25. The average Bonchev–Trinajstić information content (AvgIpc) is 2.45. The number of carbonyl (C=O) groups is 2. The van der Waals surface area contributed by atoms with Crippen molar-refractivity contribution in [3.8, 4) is 6.19 Å². The molecule has 0 aromatic rings. The van der Waals surface area contributed by atoms with Crippen LogP contribution in [0.1, 0.15) is 52.4 Å². The summed E-state index contributed by atoms with van der Waals surface area (Å²) in [7, 11) is 1.45. The fourth-order valence-corrected chi connectivity index (χ4v) is 3.47. The maximum absolute atomic E-state index is 12.5. The summed E-state index contributed by atoms with van der Waals surface area (Å²) < 4.78 is 0. The van der Waals surface area contributed by atoms with E-state index in [9.17, 15) is 9.59 Å². The molecule has 1 unspecified atom stereocenters. The predicted octanol–water partition coefficient (Wildman–Crippen LogP) is 2.27. The third-order valence-corrected chi connectivity index (χ3v) is 4.59. The van der Waals surface area contributed by atoms with Gasteiger partial charge in [0.2, 0.25) is 11.8 Å². The SMILES string of the molecule is CC(C)C(C(N)=O)[C@H](CC1CCCCC1)C(=O)N(C)C#N. The number of hydrogen-bond acceptors (Lipinski definition) is 3. The van der Waals surface area contributed by atoms with Crippen molar-refractivity contribution in [2.45, 2.75) is 52.4 Å². The monoisotopic (exact) mass is 293 g/mol. The van der Waals surface area contributed by atoms with Crippen LogP contribution in [-0.2, 0) is 9.59 Å². The molecule has 0 heterocycles. The lowest BCUT2D eigenvalue weighted by molar-refractivity contribution is -0.140. The first kappa shape index (κ1) is 17.5. The van der Waals surface area contributed by atoms with Gasteiger partial charge in [-0.2, -0.15) is 5.26 Å². The van der Waals surface area contributed by atoms with E-state index in [0.29, 0.717) is 12.3 Å². The summed E-state index contributed by atoms with van der Waals surface area (Å²) in [6.07, 6.45) is 8.32. The van der Waals surface area contributed by atoms with Crippen molar-refractivity contribution < 1.29 is 9.59 Å². The number of nitrogens with zero attached hydrogens (tertiary/aromatic N) is 2. The Balaban J connectivity index is 2.94. The molecular weight excluding hydrogens is 266 g/mol. The Morgan fingerprint density at radius 1 is 1.29 bits per heavy atom. The molecule has 2 atom stereocenters. The molecule has 5 nitrogen and oxygen atoms in total. The summed E-state index contributed by atoms with van der Waals surface area (Å²) in [5.41, 5.74) is 5.53. The number of rotatable bonds is 6. The summed E-state index contributed by atoms with van der Waals surface area (Å²) in [5, 5.41) is 8.96. The lowest BCUT2D eigenvalue weighted by atomic mass is 9.74. The van der Waals surface area contributed by atoms with E-state index in [0.717, 1.165) is 17.7 Å². The zero-order valence-corrected chi connectivity index (χ0v) is 13.3. The molecule has 1 aliphatic carbocycles. The first-order chi connectivity index (χ1) is 9.88. The molecule has 0 saturated heterocycles. The summed E-state index contributed by atoms with van der Waals surface area (Å²) in [6.45, 7) is 3.81. The van der Waals surface area contributed by atoms with Crippen LogP contribution in [0.15, 0.2) is 0 Å². The van der Waals surface area contributed by atoms with E-state index >= 15 is 0 Å². The van der Waals surface area contributed by atoms with Crippen LogP contribution >= 0.6 is 0 Å². The third kappa shape index (κ3) is 4.73. The Labute approximate surface area is 127 Å². The fourth-order valence-electron chi connectivity index (χ4n) is 3.47. The van der Waals surface area contributed by atoms with Gasteiger partial charge < -0.3 is 5.73 Å². The largest absolute Gasteiger partial charge is 0.369 e. The predicted molar refractivity (Wildman–Crippen MR) is 80.6 cm³/mol. The molecule has 2 amide bonds. The van der Waals surface area contributed by atoms with E-state index in [2.05, 4.69) is 0 Å². The summed E-state index contributed by atoms with van der Waals surface area (Å²) in [4.78, 5) is 25.3. The van der Waals surface area contributed by atoms with Gasteiger partial charge in [0.1, 0.15) is 0 Å². The minimum absolute atomic E-state index is 0.00728. The van der Waals surface area contributed by atoms with E-state index < -0.39 is 17.7 Å². The van der Waals surface area contributed by atoms with Crippen LogP contribution in [0.5, 0.6) is 0 Å². The van der Waals surface area contributed by atoms with Crippen molar-refractivity contribution in [2.75, 3.05) is 7.05 Å². The van der Waals surface area contributed by atoms with Gasteiger partial charge in [-0.15, -0.1) is 0 Å². The Hall–Kier alpha value is -1.57. The molecule has 2 N–H and O–H groups in total. The highest BCUT2D eigenvalue weighted by Gasteiger charge is 2.37. The Bertz CT molecular complexity index is 408. The van der Waals surface area contributed by atoms with Gasteiger partial charge in [-0.25, -0.2) is 0 Å². The van der Waals surface area contributed by atoms with Crippen molar-refractivity contribution >= 4 is 11.8 Å². The molecule has 118 valence electrons. The van der Waals surface area contributed by atoms with Crippen LogP contribution in [0.25, 0.3) is 0 Å². The molecular formula is C16H27N3O2. The van der Waals surface area contributed by atoms with Crippen molar-refractivity contribution in [3.63, 3.8) is 0 Å². The molecule has 1 saturated carbocycles. The third-order valence-electron chi connectivity index (χ3n) is 4.59. The number of nitriles is 1. The molecule has 0 radical (unpaired) electrons. The smallest absolute Gasteiger partial charge is 0.239 e. The van der Waals surface area contributed by atoms with Gasteiger partial charge in [0.25, 0.3) is 0 Å². The van der Waals surface area contributed by atoms with Gasteiger partial charge in [0.05, 0.1) is 11.8 Å². The maximum Gasteiger partial charge on any atom is 0.239 e. The van der Waals surface area contributed by atoms with Crippen LogP contribution in [0, 0.1) is 35.1 Å².